The lowest BCUT2D eigenvalue weighted by atomic mass is 10.3. The number of aryl methyl sites for hydroxylation is 1. The standard InChI is InChI=1S/C12H13ClNS.ClHO4/c1-10(13)5-4-8-14-9-15-12-7-3-2-6-11(12)14;2-1(3,4)5/h2-3,5-7,9H,4,8H2,1H3;(H,2,3,4,5)/q+1;/p-1. The molecule has 0 aliphatic rings. The Hall–Kier alpha value is -0.730. The largest absolute Gasteiger partial charge is 0.225 e. The molecular formula is C12H13Cl2NO4S. The first-order chi connectivity index (χ1) is 9.27. The van der Waals surface area contributed by atoms with Crippen LogP contribution in [0.3, 0.4) is 0 Å². The summed E-state index contributed by atoms with van der Waals surface area (Å²) >= 11 is 7.57. The van der Waals surface area contributed by atoms with Crippen LogP contribution in [-0.2, 0) is 6.54 Å². The van der Waals surface area contributed by atoms with Crippen LogP contribution in [0.5, 0.6) is 0 Å². The highest BCUT2D eigenvalue weighted by Gasteiger charge is 2.08. The highest BCUT2D eigenvalue weighted by atomic mass is 35.7. The quantitative estimate of drug-likeness (QED) is 0.668. The molecule has 110 valence electrons. The minimum absolute atomic E-state index is 0.870. The highest BCUT2D eigenvalue weighted by molar-refractivity contribution is 7.16. The second-order valence-corrected chi connectivity index (χ2v) is 6.08. The minimum Gasteiger partial charge on any atom is -0.222 e. The normalized spacial score (nSPS) is 12.2. The molecule has 1 aromatic carbocycles. The van der Waals surface area contributed by atoms with E-state index in [2.05, 4.69) is 40.4 Å². The first kappa shape index (κ1) is 17.3. The molecule has 20 heavy (non-hydrogen) atoms. The SMILES string of the molecule is CC(Cl)=CCC[n+]1csc2ccccc21.[O-][Cl+3]([O-])([O-])[O-]. The molecule has 0 amide bonds. The molecule has 0 fully saturated rings. The topological polar surface area (TPSA) is 96.1 Å². The van der Waals surface area contributed by atoms with Gasteiger partial charge >= 0.3 is 0 Å². The lowest BCUT2D eigenvalue weighted by Gasteiger charge is -2.17. The van der Waals surface area contributed by atoms with Gasteiger partial charge in [0, 0.05) is 17.5 Å². The summed E-state index contributed by atoms with van der Waals surface area (Å²) < 4.78 is 37.6. The maximum Gasteiger partial charge on any atom is 0.225 e. The van der Waals surface area contributed by atoms with E-state index in [-0.39, 0.29) is 0 Å². The van der Waals surface area contributed by atoms with E-state index in [4.69, 9.17) is 30.2 Å². The Labute approximate surface area is 127 Å². The van der Waals surface area contributed by atoms with Crippen LogP contribution in [0.2, 0.25) is 0 Å². The van der Waals surface area contributed by atoms with E-state index < -0.39 is 10.2 Å². The first-order valence-corrected chi connectivity index (χ1v) is 8.06. The molecule has 1 aromatic heterocycles. The Morgan fingerprint density at radius 1 is 1.30 bits per heavy atom. The van der Waals surface area contributed by atoms with Crippen molar-refractivity contribution in [3.63, 3.8) is 0 Å². The molecule has 0 saturated heterocycles. The fourth-order valence-corrected chi connectivity index (χ4v) is 2.58. The number of halogens is 2. The van der Waals surface area contributed by atoms with Gasteiger partial charge in [0.2, 0.25) is 11.0 Å². The third-order valence-corrected chi connectivity index (χ3v) is 3.39. The molecule has 2 aromatic rings. The Morgan fingerprint density at radius 2 is 1.90 bits per heavy atom. The number of thiazole rings is 1. The van der Waals surface area contributed by atoms with Gasteiger partial charge in [0.05, 0.1) is 0 Å². The van der Waals surface area contributed by atoms with Crippen LogP contribution in [0.15, 0.2) is 40.9 Å². The second kappa shape index (κ2) is 7.90. The van der Waals surface area contributed by atoms with Gasteiger partial charge in [-0.05, 0) is 13.0 Å². The molecule has 0 unspecified atom stereocenters. The molecule has 0 aliphatic carbocycles. The molecular weight excluding hydrogens is 325 g/mol. The molecule has 0 spiro atoms. The number of para-hydroxylation sites is 1. The first-order valence-electron chi connectivity index (χ1n) is 5.57. The van der Waals surface area contributed by atoms with Crippen molar-refractivity contribution in [2.45, 2.75) is 19.9 Å². The van der Waals surface area contributed by atoms with Gasteiger partial charge in [0.1, 0.15) is 4.70 Å². The summed E-state index contributed by atoms with van der Waals surface area (Å²) in [4.78, 5) is 0. The van der Waals surface area contributed by atoms with Gasteiger partial charge in [-0.2, -0.15) is 4.57 Å². The number of aromatic nitrogens is 1. The van der Waals surface area contributed by atoms with Gasteiger partial charge in [-0.1, -0.05) is 41.1 Å². The zero-order chi connectivity index (χ0) is 15.2. The molecule has 0 aliphatic heterocycles. The van der Waals surface area contributed by atoms with Crippen molar-refractivity contribution in [3.8, 4) is 0 Å². The molecule has 8 heteroatoms. The summed E-state index contributed by atoms with van der Waals surface area (Å²) in [7, 11) is -4.94. The average Bonchev–Trinajstić information content (AvgIpc) is 2.70. The van der Waals surface area contributed by atoms with Gasteiger partial charge in [-0.25, -0.2) is 18.6 Å². The van der Waals surface area contributed by atoms with Crippen molar-refractivity contribution in [1.29, 1.82) is 0 Å². The van der Waals surface area contributed by atoms with Gasteiger partial charge in [0.15, 0.2) is 6.54 Å². The molecule has 2 rings (SSSR count). The number of hydrogen-bond acceptors (Lipinski definition) is 5. The van der Waals surface area contributed by atoms with E-state index in [0.717, 1.165) is 18.0 Å². The van der Waals surface area contributed by atoms with Crippen LogP contribution in [-0.4, -0.2) is 0 Å². The zero-order valence-corrected chi connectivity index (χ0v) is 13.0. The van der Waals surface area contributed by atoms with Crippen LogP contribution in [0.25, 0.3) is 10.2 Å². The smallest absolute Gasteiger partial charge is 0.222 e. The van der Waals surface area contributed by atoms with Crippen LogP contribution in [0, 0.1) is 10.2 Å². The number of allylic oxidation sites excluding steroid dienone is 2. The minimum atomic E-state index is -4.94. The molecule has 0 radical (unpaired) electrons. The summed E-state index contributed by atoms with van der Waals surface area (Å²) in [6.45, 7) is 2.91. The van der Waals surface area contributed by atoms with Gasteiger partial charge in [0.25, 0.3) is 0 Å². The summed E-state index contributed by atoms with van der Waals surface area (Å²) in [5.74, 6) is 0. The van der Waals surface area contributed by atoms with E-state index in [1.54, 1.807) is 11.3 Å². The van der Waals surface area contributed by atoms with Crippen molar-refractivity contribution in [3.05, 3.63) is 40.9 Å². The third-order valence-electron chi connectivity index (χ3n) is 2.28. The van der Waals surface area contributed by atoms with E-state index in [0.29, 0.717) is 0 Å². The van der Waals surface area contributed by atoms with E-state index in [1.165, 1.54) is 10.2 Å². The third kappa shape index (κ3) is 7.16. The average molecular weight is 338 g/mol. The van der Waals surface area contributed by atoms with Crippen LogP contribution in [0.1, 0.15) is 13.3 Å². The summed E-state index contributed by atoms with van der Waals surface area (Å²) in [6.07, 6.45) is 3.04. The van der Waals surface area contributed by atoms with Gasteiger partial charge in [-0.3, -0.25) is 0 Å². The molecule has 0 saturated carbocycles. The number of rotatable bonds is 3. The number of fused-ring (bicyclic) bond motifs is 1. The Balaban J connectivity index is 0.000000347. The number of benzene rings is 1. The maximum absolute atomic E-state index is 8.49. The van der Waals surface area contributed by atoms with Crippen LogP contribution in [0.4, 0.5) is 0 Å². The van der Waals surface area contributed by atoms with Crippen molar-refractivity contribution in [2.75, 3.05) is 0 Å². The molecule has 1 heterocycles. The Morgan fingerprint density at radius 3 is 2.50 bits per heavy atom. The van der Waals surface area contributed by atoms with Crippen molar-refractivity contribution >= 4 is 33.2 Å². The number of hydrogen-bond donors (Lipinski definition) is 0. The summed E-state index contributed by atoms with van der Waals surface area (Å²) in [5, 5.41) is 0.870. The van der Waals surface area contributed by atoms with Crippen LogP contribution >= 0.6 is 22.9 Å². The predicted octanol–water partition coefficient (Wildman–Crippen LogP) is -1.03. The fourth-order valence-electron chi connectivity index (χ4n) is 1.55. The fraction of sp³-hybridized carbons (Fsp3) is 0.250. The Kier molecular flexibility index (Phi) is 6.84. The summed E-state index contributed by atoms with van der Waals surface area (Å²) in [6, 6.07) is 8.46. The van der Waals surface area contributed by atoms with Gasteiger partial charge < -0.3 is 0 Å². The zero-order valence-electron chi connectivity index (χ0n) is 10.6. The molecule has 0 N–H and O–H groups in total. The lowest BCUT2D eigenvalue weighted by molar-refractivity contribution is -2.00. The van der Waals surface area contributed by atoms with Crippen LogP contribution < -0.4 is 23.2 Å². The number of nitrogens with zero attached hydrogens (tertiary/aromatic N) is 1. The van der Waals surface area contributed by atoms with Gasteiger partial charge in [-0.15, -0.1) is 10.2 Å². The summed E-state index contributed by atoms with van der Waals surface area (Å²) in [5.41, 5.74) is 3.48. The van der Waals surface area contributed by atoms with E-state index >= 15 is 0 Å². The lowest BCUT2D eigenvalue weighted by Crippen LogP contribution is -2.68. The molecule has 0 atom stereocenters. The van der Waals surface area contributed by atoms with Crippen molar-refractivity contribution in [1.82, 2.24) is 0 Å². The monoisotopic (exact) mass is 337 g/mol. The maximum atomic E-state index is 8.49. The molecule has 0 bridgehead atoms. The predicted molar refractivity (Wildman–Crippen MR) is 66.2 cm³/mol. The van der Waals surface area contributed by atoms with E-state index in [9.17, 15) is 0 Å². The van der Waals surface area contributed by atoms with Crippen molar-refractivity contribution < 1.29 is 33.4 Å². The highest BCUT2D eigenvalue weighted by Crippen LogP contribution is 2.15. The molecule has 5 nitrogen and oxygen atoms in total. The van der Waals surface area contributed by atoms with E-state index in [1.807, 2.05) is 6.92 Å². The van der Waals surface area contributed by atoms with Crippen molar-refractivity contribution in [2.24, 2.45) is 0 Å². The second-order valence-electron chi connectivity index (χ2n) is 3.84. The Bertz CT molecular complexity index is 570.